The van der Waals surface area contributed by atoms with E-state index in [0.29, 0.717) is 42.0 Å². The summed E-state index contributed by atoms with van der Waals surface area (Å²) in [5.74, 6) is 1.13. The van der Waals surface area contributed by atoms with Gasteiger partial charge in [0.15, 0.2) is 5.78 Å². The number of nitrogens with one attached hydrogen (secondary N) is 1. The van der Waals surface area contributed by atoms with Crippen LogP contribution >= 0.6 is 11.5 Å². The Bertz CT molecular complexity index is 761. The van der Waals surface area contributed by atoms with Crippen LogP contribution in [0.25, 0.3) is 0 Å². The average molecular weight is 333 g/mol. The molecule has 1 aliphatic rings. The summed E-state index contributed by atoms with van der Waals surface area (Å²) in [5.41, 5.74) is 1.75. The van der Waals surface area contributed by atoms with Crippen molar-refractivity contribution in [1.29, 1.82) is 0 Å². The molecule has 0 unspecified atom stereocenters. The van der Waals surface area contributed by atoms with Crippen LogP contribution in [0.1, 0.15) is 75.4 Å². The Labute approximate surface area is 138 Å². The van der Waals surface area contributed by atoms with Gasteiger partial charge in [0.2, 0.25) is 0 Å². The highest BCUT2D eigenvalue weighted by atomic mass is 32.1. The van der Waals surface area contributed by atoms with E-state index in [1.165, 1.54) is 11.5 Å². The van der Waals surface area contributed by atoms with Crippen molar-refractivity contribution in [1.82, 2.24) is 14.9 Å². The lowest BCUT2D eigenvalue weighted by molar-refractivity contribution is 0.0926. The Hall–Kier alpha value is -2.02. The molecule has 0 radical (unpaired) electrons. The highest BCUT2D eigenvalue weighted by molar-refractivity contribution is 7.05. The molecule has 0 aliphatic heterocycles. The zero-order valence-electron chi connectivity index (χ0n) is 13.4. The van der Waals surface area contributed by atoms with Crippen molar-refractivity contribution in [3.05, 3.63) is 33.2 Å². The molecule has 122 valence electrons. The second-order valence-electron chi connectivity index (χ2n) is 6.03. The number of Topliss-reactive ketones (excluding diaryl/α,β-unsaturated/α-hetero) is 1. The molecule has 2 aromatic rings. The van der Waals surface area contributed by atoms with Crippen LogP contribution in [-0.4, -0.2) is 21.3 Å². The van der Waals surface area contributed by atoms with E-state index in [-0.39, 0.29) is 17.6 Å². The predicted molar refractivity (Wildman–Crippen MR) is 85.9 cm³/mol. The number of amides is 1. The Morgan fingerprint density at radius 3 is 2.91 bits per heavy atom. The van der Waals surface area contributed by atoms with Crippen LogP contribution in [0.15, 0.2) is 4.42 Å². The number of furan rings is 1. The van der Waals surface area contributed by atoms with E-state index in [2.05, 4.69) is 14.9 Å². The Balaban J connectivity index is 1.81. The third kappa shape index (κ3) is 2.93. The predicted octanol–water partition coefficient (Wildman–Crippen LogP) is 3.01. The largest absolute Gasteiger partial charge is 0.465 e. The third-order valence-corrected chi connectivity index (χ3v) is 4.75. The van der Waals surface area contributed by atoms with Crippen LogP contribution in [0.2, 0.25) is 0 Å². The van der Waals surface area contributed by atoms with Crippen LogP contribution in [0, 0.1) is 6.92 Å². The van der Waals surface area contributed by atoms with Crippen LogP contribution in [0.3, 0.4) is 0 Å². The summed E-state index contributed by atoms with van der Waals surface area (Å²) in [5, 5.41) is 6.97. The quantitative estimate of drug-likeness (QED) is 0.929. The van der Waals surface area contributed by atoms with Gasteiger partial charge < -0.3 is 9.73 Å². The molecule has 1 amide bonds. The van der Waals surface area contributed by atoms with Gasteiger partial charge in [-0.1, -0.05) is 18.3 Å². The minimum Gasteiger partial charge on any atom is -0.465 e. The molecule has 2 aromatic heterocycles. The number of rotatable bonds is 4. The molecule has 0 spiro atoms. The van der Waals surface area contributed by atoms with Crippen molar-refractivity contribution < 1.29 is 14.0 Å². The van der Waals surface area contributed by atoms with Crippen molar-refractivity contribution in [2.24, 2.45) is 0 Å². The van der Waals surface area contributed by atoms with Crippen molar-refractivity contribution in [2.45, 2.75) is 52.5 Å². The second-order valence-corrected chi connectivity index (χ2v) is 6.87. The fourth-order valence-electron chi connectivity index (χ4n) is 2.91. The number of hydrogen-bond donors (Lipinski definition) is 1. The molecule has 0 saturated carbocycles. The van der Waals surface area contributed by atoms with Gasteiger partial charge in [-0.2, -0.15) is 0 Å². The maximum absolute atomic E-state index is 12.6. The minimum atomic E-state index is -0.272. The summed E-state index contributed by atoms with van der Waals surface area (Å²) in [6.45, 7) is 6.17. The number of nitrogens with zero attached hydrogens (tertiary/aromatic N) is 2. The lowest BCUT2D eigenvalue weighted by Crippen LogP contribution is -2.26. The van der Waals surface area contributed by atoms with Crippen molar-refractivity contribution in [2.75, 3.05) is 0 Å². The molecule has 1 N–H and O–H groups in total. The summed E-state index contributed by atoms with van der Waals surface area (Å²) in [4.78, 5) is 25.6. The first-order valence-electron chi connectivity index (χ1n) is 7.73. The molecule has 3 rings (SSSR count). The number of ketones is 1. The monoisotopic (exact) mass is 333 g/mol. The first kappa shape index (κ1) is 15.9. The van der Waals surface area contributed by atoms with Crippen molar-refractivity contribution in [3.63, 3.8) is 0 Å². The van der Waals surface area contributed by atoms with Crippen LogP contribution < -0.4 is 5.32 Å². The van der Waals surface area contributed by atoms with Gasteiger partial charge in [0.05, 0.1) is 28.2 Å². The number of carbonyl (C=O) groups is 2. The van der Waals surface area contributed by atoms with Gasteiger partial charge in [-0.3, -0.25) is 9.59 Å². The topological polar surface area (TPSA) is 85.1 Å². The van der Waals surface area contributed by atoms with Gasteiger partial charge in [-0.15, -0.1) is 5.10 Å². The maximum Gasteiger partial charge on any atom is 0.255 e. The number of carbonyl (C=O) groups excluding carboxylic acids is 2. The molecule has 7 heteroatoms. The molecule has 0 bridgehead atoms. The van der Waals surface area contributed by atoms with E-state index >= 15 is 0 Å². The molecule has 0 atom stereocenters. The Kier molecular flexibility index (Phi) is 4.30. The summed E-state index contributed by atoms with van der Waals surface area (Å²) < 4.78 is 9.58. The molecule has 23 heavy (non-hydrogen) atoms. The molecule has 1 aliphatic carbocycles. The highest BCUT2D eigenvalue weighted by Crippen LogP contribution is 2.29. The number of aryl methyl sites for hydroxylation is 2. The number of hydrogen-bond acceptors (Lipinski definition) is 6. The summed E-state index contributed by atoms with van der Waals surface area (Å²) in [6.07, 6.45) is 1.97. The van der Waals surface area contributed by atoms with Crippen LogP contribution in [-0.2, 0) is 13.0 Å². The molecule has 0 aromatic carbocycles. The molecular weight excluding hydrogens is 314 g/mol. The lowest BCUT2D eigenvalue weighted by atomic mass is 9.93. The van der Waals surface area contributed by atoms with E-state index in [4.69, 9.17) is 4.42 Å². The van der Waals surface area contributed by atoms with Gasteiger partial charge in [-0.25, -0.2) is 0 Å². The van der Waals surface area contributed by atoms with Crippen LogP contribution in [0.5, 0.6) is 0 Å². The summed E-state index contributed by atoms with van der Waals surface area (Å²) in [7, 11) is 0. The fraction of sp³-hybridized carbons (Fsp3) is 0.500. The van der Waals surface area contributed by atoms with Gasteiger partial charge in [0.1, 0.15) is 11.5 Å². The van der Waals surface area contributed by atoms with E-state index in [9.17, 15) is 9.59 Å². The Morgan fingerprint density at radius 1 is 1.39 bits per heavy atom. The zero-order valence-corrected chi connectivity index (χ0v) is 14.2. The molecule has 2 heterocycles. The van der Waals surface area contributed by atoms with Gasteiger partial charge in [0.25, 0.3) is 5.91 Å². The maximum atomic E-state index is 12.6. The van der Waals surface area contributed by atoms with Crippen molar-refractivity contribution in [3.8, 4) is 0 Å². The zero-order chi connectivity index (χ0) is 16.6. The third-order valence-electron chi connectivity index (χ3n) is 4.01. The summed E-state index contributed by atoms with van der Waals surface area (Å²) in [6, 6.07) is 0. The van der Waals surface area contributed by atoms with Crippen molar-refractivity contribution >= 4 is 23.2 Å². The first-order chi connectivity index (χ1) is 11.0. The number of aromatic nitrogens is 2. The lowest BCUT2D eigenvalue weighted by Gasteiger charge is -2.10. The second kappa shape index (κ2) is 6.23. The smallest absolute Gasteiger partial charge is 0.255 e. The van der Waals surface area contributed by atoms with E-state index in [1.54, 1.807) is 6.92 Å². The number of fused-ring (bicyclic) bond motifs is 1. The molecule has 0 fully saturated rings. The Morgan fingerprint density at radius 2 is 2.17 bits per heavy atom. The van der Waals surface area contributed by atoms with Gasteiger partial charge in [-0.05, 0) is 30.8 Å². The SMILES string of the molecule is Cc1oc2c(c1C(=O)NCc1snnc1C(C)C)C(=O)CCC2. The standard InChI is InChI=1S/C16H19N3O3S/c1-8(2)15-12(23-19-18-15)7-17-16(21)13-9(3)22-11-6-4-5-10(20)14(11)13/h8H,4-7H2,1-3H3,(H,17,21). The summed E-state index contributed by atoms with van der Waals surface area (Å²) >= 11 is 1.28. The van der Waals surface area contributed by atoms with E-state index < -0.39 is 0 Å². The highest BCUT2D eigenvalue weighted by Gasteiger charge is 2.30. The minimum absolute atomic E-state index is 0.00410. The van der Waals surface area contributed by atoms with E-state index in [1.807, 2.05) is 13.8 Å². The van der Waals surface area contributed by atoms with Crippen LogP contribution in [0.4, 0.5) is 0 Å². The van der Waals surface area contributed by atoms with Gasteiger partial charge in [0, 0.05) is 12.8 Å². The average Bonchev–Trinajstić information content (AvgIpc) is 3.09. The fourth-order valence-corrected chi connectivity index (χ4v) is 3.64. The molecule has 6 nitrogen and oxygen atoms in total. The normalized spacial score (nSPS) is 14.2. The van der Waals surface area contributed by atoms with E-state index in [0.717, 1.165) is 17.0 Å². The molecular formula is C16H19N3O3S. The molecule has 0 saturated heterocycles. The van der Waals surface area contributed by atoms with Gasteiger partial charge >= 0.3 is 0 Å². The first-order valence-corrected chi connectivity index (χ1v) is 8.51.